The highest BCUT2D eigenvalue weighted by Crippen LogP contribution is 2.42. The Morgan fingerprint density at radius 2 is 1.16 bits per heavy atom. The minimum Gasteiger partial charge on any atom is -0.455 e. The van der Waals surface area contributed by atoms with E-state index < -0.39 is 0 Å². The van der Waals surface area contributed by atoms with Gasteiger partial charge >= 0.3 is 0 Å². The van der Waals surface area contributed by atoms with Gasteiger partial charge in [0.15, 0.2) is 0 Å². The SMILES string of the molecule is CC(C)(C)c1cc(C(C)(C)C)c2oc3cc(-n4c5ccccc5c5ccc6c(c7ccccc7n6-c6ccccc6)c54)ccc3c(=O)c2c1. The fraction of sp³-hybridized carbons (Fsp3) is 0.178. The molecule has 0 fully saturated rings. The second-order valence-electron chi connectivity index (χ2n) is 15.4. The molecule has 0 saturated carbocycles. The minimum atomic E-state index is -0.216. The summed E-state index contributed by atoms with van der Waals surface area (Å²) < 4.78 is 11.5. The third kappa shape index (κ3) is 4.33. The lowest BCUT2D eigenvalue weighted by atomic mass is 9.79. The van der Waals surface area contributed by atoms with Crippen molar-refractivity contribution >= 4 is 65.6 Å². The summed E-state index contributed by atoms with van der Waals surface area (Å²) in [5.74, 6) is 0. The number of hydrogen-bond acceptors (Lipinski definition) is 2. The number of fused-ring (bicyclic) bond motifs is 9. The van der Waals surface area contributed by atoms with E-state index in [-0.39, 0.29) is 16.3 Å². The van der Waals surface area contributed by atoms with Crippen molar-refractivity contribution in [3.8, 4) is 11.4 Å². The Labute approximate surface area is 284 Å². The molecular weight excluding hydrogens is 601 g/mol. The molecule has 0 aliphatic rings. The van der Waals surface area contributed by atoms with E-state index in [1.165, 1.54) is 21.5 Å². The van der Waals surface area contributed by atoms with Crippen molar-refractivity contribution < 1.29 is 4.42 Å². The summed E-state index contributed by atoms with van der Waals surface area (Å²) in [6.45, 7) is 13.1. The Kier molecular flexibility index (Phi) is 6.14. The summed E-state index contributed by atoms with van der Waals surface area (Å²) >= 11 is 0. The standard InChI is InChI=1S/C45H38N2O2/c1-44(2,3)27-24-34-42(48)33-21-20-29(26-39(33)49-43(34)35(25-27)45(4,5)6)47-36-18-12-10-16-30(36)31-22-23-38-40(41(31)47)32-17-11-13-19-37(32)46(38)28-14-8-7-9-15-28/h7-26H,1-6H3. The van der Waals surface area contributed by atoms with Crippen LogP contribution in [-0.2, 0) is 10.8 Å². The van der Waals surface area contributed by atoms with E-state index in [0.29, 0.717) is 21.9 Å². The number of hydrogen-bond donors (Lipinski definition) is 0. The maximum absolute atomic E-state index is 14.3. The van der Waals surface area contributed by atoms with Gasteiger partial charge in [0.25, 0.3) is 0 Å². The van der Waals surface area contributed by atoms with E-state index in [0.717, 1.165) is 44.6 Å². The fourth-order valence-corrected chi connectivity index (χ4v) is 7.71. The lowest BCUT2D eigenvalue weighted by Gasteiger charge is -2.26. The van der Waals surface area contributed by atoms with Gasteiger partial charge in [-0.2, -0.15) is 0 Å². The van der Waals surface area contributed by atoms with Gasteiger partial charge in [-0.25, -0.2) is 0 Å². The van der Waals surface area contributed by atoms with Crippen LogP contribution in [0.5, 0.6) is 0 Å². The van der Waals surface area contributed by atoms with E-state index >= 15 is 0 Å². The molecular formula is C45H38N2O2. The lowest BCUT2D eigenvalue weighted by molar-refractivity contribution is 0.557. The highest BCUT2D eigenvalue weighted by atomic mass is 16.3. The van der Waals surface area contributed by atoms with E-state index in [1.807, 2.05) is 12.1 Å². The van der Waals surface area contributed by atoms with Crippen LogP contribution in [0.1, 0.15) is 52.7 Å². The number of benzene rings is 6. The molecule has 3 heterocycles. The monoisotopic (exact) mass is 638 g/mol. The molecule has 0 N–H and O–H groups in total. The number of para-hydroxylation sites is 3. The first kappa shape index (κ1) is 29.5. The molecule has 4 nitrogen and oxygen atoms in total. The summed E-state index contributed by atoms with van der Waals surface area (Å²) in [6, 6.07) is 42.7. The molecule has 9 aromatic rings. The zero-order valence-electron chi connectivity index (χ0n) is 28.8. The van der Waals surface area contributed by atoms with Gasteiger partial charge in [0.1, 0.15) is 11.2 Å². The highest BCUT2D eigenvalue weighted by Gasteiger charge is 2.26. The Balaban J connectivity index is 1.40. The van der Waals surface area contributed by atoms with Crippen LogP contribution in [-0.4, -0.2) is 9.13 Å². The molecule has 0 spiro atoms. The van der Waals surface area contributed by atoms with Gasteiger partial charge < -0.3 is 13.6 Å². The van der Waals surface area contributed by atoms with Crippen LogP contribution in [0.3, 0.4) is 0 Å². The second kappa shape index (κ2) is 10.2. The third-order valence-corrected chi connectivity index (χ3v) is 10.2. The van der Waals surface area contributed by atoms with Gasteiger partial charge in [-0.15, -0.1) is 0 Å². The lowest BCUT2D eigenvalue weighted by Crippen LogP contribution is -2.18. The van der Waals surface area contributed by atoms with Crippen molar-refractivity contribution in [2.24, 2.45) is 0 Å². The minimum absolute atomic E-state index is 0.00921. The summed E-state index contributed by atoms with van der Waals surface area (Å²) in [6.07, 6.45) is 0. The molecule has 0 aliphatic carbocycles. The normalized spacial score (nSPS) is 12.8. The van der Waals surface area contributed by atoms with Gasteiger partial charge in [-0.1, -0.05) is 108 Å². The first-order valence-corrected chi connectivity index (χ1v) is 17.1. The van der Waals surface area contributed by atoms with Crippen molar-refractivity contribution in [3.05, 3.63) is 143 Å². The molecule has 4 heteroatoms. The summed E-state index contributed by atoms with van der Waals surface area (Å²) in [5.41, 5.74) is 9.76. The first-order valence-electron chi connectivity index (χ1n) is 17.1. The van der Waals surface area contributed by atoms with E-state index in [9.17, 15) is 4.79 Å². The Morgan fingerprint density at radius 3 is 1.88 bits per heavy atom. The maximum Gasteiger partial charge on any atom is 0.200 e. The molecule has 3 aromatic heterocycles. The molecule has 0 amide bonds. The van der Waals surface area contributed by atoms with Gasteiger partial charge in [0.2, 0.25) is 5.43 Å². The van der Waals surface area contributed by atoms with Crippen LogP contribution in [0.15, 0.2) is 131 Å². The molecule has 9 rings (SSSR count). The van der Waals surface area contributed by atoms with Gasteiger partial charge in [0.05, 0.1) is 32.8 Å². The average Bonchev–Trinajstić information content (AvgIpc) is 3.60. The highest BCUT2D eigenvalue weighted by molar-refractivity contribution is 6.26. The zero-order valence-corrected chi connectivity index (χ0v) is 28.8. The van der Waals surface area contributed by atoms with Crippen LogP contribution in [0.4, 0.5) is 0 Å². The summed E-state index contributed by atoms with van der Waals surface area (Å²) in [5, 5.41) is 5.99. The fourth-order valence-electron chi connectivity index (χ4n) is 7.71. The Hall–Kier alpha value is -5.61. The molecule has 6 aromatic carbocycles. The van der Waals surface area contributed by atoms with E-state index in [1.54, 1.807) is 0 Å². The predicted octanol–water partition coefficient (Wildman–Crippen LogP) is 11.7. The summed E-state index contributed by atoms with van der Waals surface area (Å²) in [7, 11) is 0. The number of rotatable bonds is 2. The molecule has 240 valence electrons. The topological polar surface area (TPSA) is 40.1 Å². The first-order chi connectivity index (χ1) is 23.5. The number of nitrogens with zero attached hydrogens (tertiary/aromatic N) is 2. The van der Waals surface area contributed by atoms with Crippen LogP contribution >= 0.6 is 0 Å². The van der Waals surface area contributed by atoms with Crippen molar-refractivity contribution in [2.45, 2.75) is 52.4 Å². The summed E-state index contributed by atoms with van der Waals surface area (Å²) in [4.78, 5) is 14.3. The van der Waals surface area contributed by atoms with Gasteiger partial charge in [-0.05, 0) is 64.9 Å². The predicted molar refractivity (Wildman–Crippen MR) is 206 cm³/mol. The maximum atomic E-state index is 14.3. The van der Waals surface area contributed by atoms with Crippen molar-refractivity contribution in [2.75, 3.05) is 0 Å². The second-order valence-corrected chi connectivity index (χ2v) is 15.4. The quantitative estimate of drug-likeness (QED) is 0.177. The van der Waals surface area contributed by atoms with Crippen LogP contribution < -0.4 is 5.43 Å². The average molecular weight is 639 g/mol. The van der Waals surface area contributed by atoms with Crippen molar-refractivity contribution in [1.82, 2.24) is 9.13 Å². The van der Waals surface area contributed by atoms with Gasteiger partial charge in [0, 0.05) is 44.5 Å². The molecule has 0 atom stereocenters. The zero-order chi connectivity index (χ0) is 33.8. The molecule has 0 radical (unpaired) electrons. The van der Waals surface area contributed by atoms with Crippen LogP contribution in [0, 0.1) is 0 Å². The third-order valence-electron chi connectivity index (χ3n) is 10.2. The van der Waals surface area contributed by atoms with E-state index in [4.69, 9.17) is 4.42 Å². The van der Waals surface area contributed by atoms with Crippen LogP contribution in [0.25, 0.3) is 76.9 Å². The Bertz CT molecular complexity index is 2850. The molecule has 0 bridgehead atoms. The largest absolute Gasteiger partial charge is 0.455 e. The molecule has 0 aliphatic heterocycles. The molecule has 49 heavy (non-hydrogen) atoms. The van der Waals surface area contributed by atoms with Crippen molar-refractivity contribution in [3.63, 3.8) is 0 Å². The van der Waals surface area contributed by atoms with Crippen molar-refractivity contribution in [1.29, 1.82) is 0 Å². The molecule has 0 unspecified atom stereocenters. The Morgan fingerprint density at radius 1 is 0.510 bits per heavy atom. The molecule has 0 saturated heterocycles. The van der Waals surface area contributed by atoms with Crippen LogP contribution in [0.2, 0.25) is 0 Å². The van der Waals surface area contributed by atoms with Gasteiger partial charge in [-0.3, -0.25) is 4.79 Å². The smallest absolute Gasteiger partial charge is 0.200 e. The van der Waals surface area contributed by atoms with E-state index in [2.05, 4.69) is 160 Å². The number of aromatic nitrogens is 2.